The van der Waals surface area contributed by atoms with Gasteiger partial charge in [0.15, 0.2) is 0 Å². The van der Waals surface area contributed by atoms with Crippen molar-refractivity contribution in [2.75, 3.05) is 33.1 Å². The molecule has 0 fully saturated rings. The maximum Gasteiger partial charge on any atom is 0.232 e. The van der Waals surface area contributed by atoms with E-state index >= 15 is 0 Å². The fourth-order valence-corrected chi connectivity index (χ4v) is 2.45. The summed E-state index contributed by atoms with van der Waals surface area (Å²) in [7, 11) is 5.69. The normalized spacial score (nSPS) is 12.7. The number of ether oxygens (including phenoxy) is 1. The lowest BCUT2D eigenvalue weighted by Gasteiger charge is -2.25. The van der Waals surface area contributed by atoms with Crippen LogP contribution in [-0.4, -0.2) is 37.6 Å². The van der Waals surface area contributed by atoms with E-state index < -0.39 is 0 Å². The van der Waals surface area contributed by atoms with E-state index in [-0.39, 0.29) is 17.2 Å². The minimum Gasteiger partial charge on any atom is -0.497 e. The number of hydrogen-bond donors (Lipinski definition) is 1. The van der Waals surface area contributed by atoms with E-state index in [9.17, 15) is 5.26 Å². The van der Waals surface area contributed by atoms with Crippen molar-refractivity contribution in [1.82, 2.24) is 9.88 Å². The Morgan fingerprint density at radius 2 is 1.92 bits per heavy atom. The third-order valence-electron chi connectivity index (χ3n) is 3.95. The second-order valence-electron chi connectivity index (χ2n) is 7.19. The van der Waals surface area contributed by atoms with Crippen molar-refractivity contribution in [2.45, 2.75) is 32.2 Å². The van der Waals surface area contributed by atoms with Gasteiger partial charge in [-0.3, -0.25) is 0 Å². The van der Waals surface area contributed by atoms with E-state index in [1.807, 2.05) is 59.1 Å². The van der Waals surface area contributed by atoms with E-state index in [0.29, 0.717) is 18.3 Å². The highest BCUT2D eigenvalue weighted by Gasteiger charge is 2.24. The van der Waals surface area contributed by atoms with Crippen molar-refractivity contribution in [3.63, 3.8) is 0 Å². The van der Waals surface area contributed by atoms with Crippen LogP contribution in [0.2, 0.25) is 0 Å². The summed E-state index contributed by atoms with van der Waals surface area (Å²) in [5, 5.41) is 12.6. The zero-order valence-electron chi connectivity index (χ0n) is 15.8. The van der Waals surface area contributed by atoms with Gasteiger partial charge in [0, 0.05) is 12.0 Å². The van der Waals surface area contributed by atoms with Crippen molar-refractivity contribution >= 4 is 5.88 Å². The summed E-state index contributed by atoms with van der Waals surface area (Å²) in [6.45, 7) is 6.60. The summed E-state index contributed by atoms with van der Waals surface area (Å²) in [6.07, 6.45) is 0. The predicted molar refractivity (Wildman–Crippen MR) is 97.8 cm³/mol. The number of benzene rings is 1. The summed E-state index contributed by atoms with van der Waals surface area (Å²) in [5.74, 6) is 1.80. The van der Waals surface area contributed by atoms with Crippen molar-refractivity contribution in [1.29, 1.82) is 5.26 Å². The molecule has 0 bridgehead atoms. The molecule has 0 aliphatic carbocycles. The van der Waals surface area contributed by atoms with E-state index in [2.05, 4.69) is 21.3 Å². The van der Waals surface area contributed by atoms with Gasteiger partial charge in [0.05, 0.1) is 13.2 Å². The second-order valence-corrected chi connectivity index (χ2v) is 7.19. The molecule has 1 unspecified atom stereocenters. The van der Waals surface area contributed by atoms with Crippen molar-refractivity contribution < 1.29 is 9.15 Å². The largest absolute Gasteiger partial charge is 0.497 e. The Bertz CT molecular complexity index is 736. The van der Waals surface area contributed by atoms with Crippen molar-refractivity contribution in [3.05, 3.63) is 41.4 Å². The van der Waals surface area contributed by atoms with Crippen LogP contribution in [0.1, 0.15) is 44.0 Å². The number of rotatable bonds is 6. The molecule has 1 N–H and O–H groups in total. The highest BCUT2D eigenvalue weighted by molar-refractivity contribution is 5.46. The highest BCUT2D eigenvalue weighted by atomic mass is 16.5. The van der Waals surface area contributed by atoms with Crippen LogP contribution in [0.3, 0.4) is 0 Å². The zero-order chi connectivity index (χ0) is 18.6. The second kappa shape index (κ2) is 7.58. The Kier molecular flexibility index (Phi) is 5.70. The standard InChI is InChI=1S/C19H26N4O2/c1-19(2,3)18-22-15(11-20)17(25-18)21-12-16(23(4)5)13-7-9-14(24-6)10-8-13/h7-10,16,21H,12H2,1-6H3. The molecule has 0 aliphatic rings. The lowest BCUT2D eigenvalue weighted by Crippen LogP contribution is -2.26. The summed E-state index contributed by atoms with van der Waals surface area (Å²) >= 11 is 0. The molecular weight excluding hydrogens is 316 g/mol. The van der Waals surface area contributed by atoms with Gasteiger partial charge < -0.3 is 19.4 Å². The molecular formula is C19H26N4O2. The van der Waals surface area contributed by atoms with Gasteiger partial charge in [-0.25, -0.2) is 0 Å². The third kappa shape index (κ3) is 4.52. The monoisotopic (exact) mass is 342 g/mol. The van der Waals surface area contributed by atoms with E-state index in [4.69, 9.17) is 9.15 Å². The number of hydrogen-bond acceptors (Lipinski definition) is 6. The topological polar surface area (TPSA) is 74.3 Å². The molecule has 0 spiro atoms. The Balaban J connectivity index is 2.19. The number of oxazole rings is 1. The molecule has 0 saturated carbocycles. The number of nitriles is 1. The predicted octanol–water partition coefficient (Wildman–Crippen LogP) is 3.57. The average Bonchev–Trinajstić information content (AvgIpc) is 2.99. The Morgan fingerprint density at radius 1 is 1.28 bits per heavy atom. The van der Waals surface area contributed by atoms with Crippen LogP contribution in [0.25, 0.3) is 0 Å². The molecule has 0 aliphatic heterocycles. The maximum atomic E-state index is 9.31. The smallest absolute Gasteiger partial charge is 0.232 e. The fourth-order valence-electron chi connectivity index (χ4n) is 2.45. The molecule has 25 heavy (non-hydrogen) atoms. The van der Waals surface area contributed by atoms with Gasteiger partial charge >= 0.3 is 0 Å². The quantitative estimate of drug-likeness (QED) is 0.865. The Hall–Kier alpha value is -2.52. The molecule has 6 nitrogen and oxygen atoms in total. The molecule has 2 rings (SSSR count). The first-order valence-corrected chi connectivity index (χ1v) is 8.22. The first-order chi connectivity index (χ1) is 11.8. The number of likely N-dealkylation sites (N-methyl/N-ethyl adjacent to an activating group) is 1. The molecule has 1 heterocycles. The molecule has 6 heteroatoms. The first-order valence-electron chi connectivity index (χ1n) is 8.22. The molecule has 0 saturated heterocycles. The van der Waals surface area contributed by atoms with Crippen LogP contribution in [0, 0.1) is 11.3 Å². The minimum absolute atomic E-state index is 0.112. The average molecular weight is 342 g/mol. The maximum absolute atomic E-state index is 9.31. The van der Waals surface area contributed by atoms with Gasteiger partial charge in [-0.1, -0.05) is 32.9 Å². The molecule has 2 aromatic rings. The fraction of sp³-hybridized carbons (Fsp3) is 0.474. The van der Waals surface area contributed by atoms with Crippen LogP contribution >= 0.6 is 0 Å². The molecule has 1 aromatic carbocycles. The Morgan fingerprint density at radius 3 is 2.40 bits per heavy atom. The van der Waals surface area contributed by atoms with Crippen molar-refractivity contribution in [3.8, 4) is 11.8 Å². The van der Waals surface area contributed by atoms with Crippen LogP contribution in [-0.2, 0) is 5.41 Å². The number of nitrogens with zero attached hydrogens (tertiary/aromatic N) is 3. The third-order valence-corrected chi connectivity index (χ3v) is 3.95. The van der Waals surface area contributed by atoms with Crippen LogP contribution in [0.5, 0.6) is 5.75 Å². The molecule has 134 valence electrons. The number of nitrogens with one attached hydrogen (secondary N) is 1. The lowest BCUT2D eigenvalue weighted by atomic mass is 9.97. The van der Waals surface area contributed by atoms with Crippen LogP contribution < -0.4 is 10.1 Å². The van der Waals surface area contributed by atoms with Gasteiger partial charge in [-0.15, -0.1) is 0 Å². The molecule has 0 amide bonds. The summed E-state index contributed by atoms with van der Waals surface area (Å²) in [4.78, 5) is 6.41. The summed E-state index contributed by atoms with van der Waals surface area (Å²) in [5.41, 5.74) is 1.19. The number of anilines is 1. The van der Waals surface area contributed by atoms with E-state index in [1.54, 1.807) is 7.11 Å². The van der Waals surface area contributed by atoms with Gasteiger partial charge in [0.25, 0.3) is 0 Å². The van der Waals surface area contributed by atoms with E-state index in [0.717, 1.165) is 11.3 Å². The molecule has 1 atom stereocenters. The number of aromatic nitrogens is 1. The lowest BCUT2D eigenvalue weighted by molar-refractivity contribution is 0.309. The SMILES string of the molecule is COc1ccc(C(CNc2oc(C(C)(C)C)nc2C#N)N(C)C)cc1. The number of methoxy groups -OCH3 is 1. The highest BCUT2D eigenvalue weighted by Crippen LogP contribution is 2.28. The van der Waals surface area contributed by atoms with Crippen LogP contribution in [0.15, 0.2) is 28.7 Å². The van der Waals surface area contributed by atoms with Gasteiger partial charge in [-0.05, 0) is 31.8 Å². The molecule has 0 radical (unpaired) electrons. The molecule has 1 aromatic heterocycles. The van der Waals surface area contributed by atoms with Crippen LogP contribution in [0.4, 0.5) is 5.88 Å². The summed E-state index contributed by atoms with van der Waals surface area (Å²) < 4.78 is 11.0. The summed E-state index contributed by atoms with van der Waals surface area (Å²) in [6, 6.07) is 10.2. The van der Waals surface area contributed by atoms with Crippen molar-refractivity contribution in [2.24, 2.45) is 0 Å². The van der Waals surface area contributed by atoms with Gasteiger partial charge in [0.1, 0.15) is 11.8 Å². The first kappa shape index (κ1) is 18.8. The van der Waals surface area contributed by atoms with E-state index in [1.165, 1.54) is 0 Å². The Labute approximate surface area is 149 Å². The minimum atomic E-state index is -0.248. The van der Waals surface area contributed by atoms with Gasteiger partial charge in [-0.2, -0.15) is 10.2 Å². The van der Waals surface area contributed by atoms with Gasteiger partial charge in [0.2, 0.25) is 17.5 Å². The zero-order valence-corrected chi connectivity index (χ0v) is 15.8.